The number of carbonyl (C=O) groups is 1. The van der Waals surface area contributed by atoms with Crippen LogP contribution in [0.2, 0.25) is 0 Å². The Kier molecular flexibility index (Phi) is 6.00. The first-order chi connectivity index (χ1) is 18.4. The molecule has 1 aromatic carbocycles. The van der Waals surface area contributed by atoms with E-state index in [9.17, 15) is 14.1 Å². The number of benzene rings is 1. The van der Waals surface area contributed by atoms with Gasteiger partial charge in [-0.2, -0.15) is 10.2 Å². The molecule has 194 valence electrons. The molecule has 1 fully saturated rings. The van der Waals surface area contributed by atoms with E-state index in [2.05, 4.69) is 25.5 Å². The van der Waals surface area contributed by atoms with Crippen molar-refractivity contribution >= 4 is 43.6 Å². The molecule has 1 saturated heterocycles. The lowest BCUT2D eigenvalue weighted by Gasteiger charge is -2.22. The van der Waals surface area contributed by atoms with Gasteiger partial charge in [0.25, 0.3) is 5.91 Å². The Labute approximate surface area is 217 Å². The first kappa shape index (κ1) is 24.0. The average Bonchev–Trinajstić information content (AvgIpc) is 3.65. The largest absolute Gasteiger partial charge is 0.391 e. The standard InChI is InChI=1S/C25H25N9O3S/c26-38(37,23-4-1-2-6-27-23)11-10-33-15-17-12-21(22(13-20(17)31-33)32-9-5-18(35)16-32)30-25(36)19-14-29-34-8-3-7-28-24(19)34/h1-4,6-8,12-15,18,26,35H,5,9-11,16H2,(H,30,36). The molecule has 0 saturated carbocycles. The van der Waals surface area contributed by atoms with E-state index in [1.807, 2.05) is 17.0 Å². The second-order valence-electron chi connectivity index (χ2n) is 9.16. The van der Waals surface area contributed by atoms with Gasteiger partial charge < -0.3 is 15.3 Å². The Morgan fingerprint density at radius 2 is 2.08 bits per heavy atom. The summed E-state index contributed by atoms with van der Waals surface area (Å²) in [5.41, 5.74) is 2.79. The van der Waals surface area contributed by atoms with E-state index >= 15 is 0 Å². The van der Waals surface area contributed by atoms with Crippen molar-refractivity contribution in [3.63, 3.8) is 0 Å². The van der Waals surface area contributed by atoms with E-state index in [0.29, 0.717) is 41.9 Å². The number of nitrogens with one attached hydrogen (secondary N) is 2. The number of carbonyl (C=O) groups excluding carboxylic acids is 1. The molecule has 5 heterocycles. The molecule has 1 aliphatic rings. The molecule has 2 unspecified atom stereocenters. The fraction of sp³-hybridized carbons (Fsp3) is 0.240. The number of nitrogens with zero attached hydrogens (tertiary/aromatic N) is 7. The second-order valence-corrected chi connectivity index (χ2v) is 11.3. The van der Waals surface area contributed by atoms with Crippen LogP contribution in [0.4, 0.5) is 11.4 Å². The van der Waals surface area contributed by atoms with Crippen LogP contribution < -0.4 is 10.2 Å². The minimum absolute atomic E-state index is 0.0640. The third-order valence-electron chi connectivity index (χ3n) is 6.53. The summed E-state index contributed by atoms with van der Waals surface area (Å²) in [6, 6.07) is 10.5. The monoisotopic (exact) mass is 531 g/mol. The van der Waals surface area contributed by atoms with E-state index in [0.717, 1.165) is 11.1 Å². The summed E-state index contributed by atoms with van der Waals surface area (Å²) in [5, 5.41) is 23.0. The second kappa shape index (κ2) is 9.50. The molecule has 1 amide bonds. The number of aryl methyl sites for hydroxylation is 1. The maximum Gasteiger partial charge on any atom is 0.261 e. The smallest absolute Gasteiger partial charge is 0.261 e. The molecule has 1 aliphatic heterocycles. The maximum atomic E-state index is 13.3. The van der Waals surface area contributed by atoms with E-state index in [1.54, 1.807) is 47.5 Å². The molecule has 0 aliphatic carbocycles. The quantitative estimate of drug-likeness (QED) is 0.289. The Morgan fingerprint density at radius 1 is 1.21 bits per heavy atom. The molecule has 12 nitrogen and oxygen atoms in total. The van der Waals surface area contributed by atoms with Gasteiger partial charge in [0, 0.05) is 43.3 Å². The van der Waals surface area contributed by atoms with Crippen molar-refractivity contribution in [2.75, 3.05) is 29.1 Å². The normalized spacial score (nSPS) is 17.2. The van der Waals surface area contributed by atoms with Gasteiger partial charge in [0.2, 0.25) is 0 Å². The molecule has 4 aromatic heterocycles. The van der Waals surface area contributed by atoms with Gasteiger partial charge in [-0.05, 0) is 36.8 Å². The highest BCUT2D eigenvalue weighted by Gasteiger charge is 2.25. The highest BCUT2D eigenvalue weighted by atomic mass is 32.2. The molecule has 0 spiro atoms. The molecule has 6 rings (SSSR count). The Bertz CT molecular complexity index is 1750. The molecule has 3 N–H and O–H groups in total. The van der Waals surface area contributed by atoms with Crippen LogP contribution in [-0.4, -0.2) is 69.5 Å². The van der Waals surface area contributed by atoms with E-state index in [1.165, 1.54) is 16.9 Å². The van der Waals surface area contributed by atoms with E-state index < -0.39 is 15.8 Å². The summed E-state index contributed by atoms with van der Waals surface area (Å²) < 4.78 is 24.4. The zero-order valence-electron chi connectivity index (χ0n) is 20.3. The van der Waals surface area contributed by atoms with Crippen molar-refractivity contribution in [1.29, 1.82) is 4.78 Å². The molecular weight excluding hydrogens is 506 g/mol. The number of aromatic nitrogens is 6. The topological polar surface area (TPSA) is 154 Å². The zero-order valence-corrected chi connectivity index (χ0v) is 21.1. The fourth-order valence-electron chi connectivity index (χ4n) is 4.59. The lowest BCUT2D eigenvalue weighted by molar-refractivity contribution is 0.102. The third-order valence-corrected chi connectivity index (χ3v) is 8.20. The lowest BCUT2D eigenvalue weighted by Crippen LogP contribution is -2.23. The van der Waals surface area contributed by atoms with E-state index in [-0.39, 0.29) is 23.2 Å². The molecule has 13 heteroatoms. The van der Waals surface area contributed by atoms with Crippen molar-refractivity contribution in [3.05, 3.63) is 72.9 Å². The summed E-state index contributed by atoms with van der Waals surface area (Å²) in [5.74, 6) is -0.287. The van der Waals surface area contributed by atoms with Gasteiger partial charge in [0.15, 0.2) is 5.65 Å². The van der Waals surface area contributed by atoms with Crippen LogP contribution in [0.25, 0.3) is 16.6 Å². The maximum absolute atomic E-state index is 13.3. The number of pyridine rings is 1. The van der Waals surface area contributed by atoms with Gasteiger partial charge in [-0.3, -0.25) is 9.48 Å². The van der Waals surface area contributed by atoms with Gasteiger partial charge in [-0.25, -0.2) is 23.5 Å². The Morgan fingerprint density at radius 3 is 2.87 bits per heavy atom. The first-order valence-electron chi connectivity index (χ1n) is 12.1. The van der Waals surface area contributed by atoms with Crippen molar-refractivity contribution < 1.29 is 14.1 Å². The third kappa shape index (κ3) is 4.57. The Balaban J connectivity index is 1.31. The Hall–Kier alpha value is -4.36. The van der Waals surface area contributed by atoms with Gasteiger partial charge in [0.05, 0.1) is 51.2 Å². The predicted octanol–water partition coefficient (Wildman–Crippen LogP) is 2.40. The average molecular weight is 532 g/mol. The van der Waals surface area contributed by atoms with Crippen LogP contribution in [0.1, 0.15) is 16.8 Å². The highest BCUT2D eigenvalue weighted by Crippen LogP contribution is 2.34. The number of hydrogen-bond acceptors (Lipinski definition) is 9. The van der Waals surface area contributed by atoms with Crippen molar-refractivity contribution in [1.82, 2.24) is 29.4 Å². The molecule has 2 atom stereocenters. The van der Waals surface area contributed by atoms with E-state index in [4.69, 9.17) is 4.78 Å². The summed E-state index contributed by atoms with van der Waals surface area (Å²) in [7, 11) is -3.07. The SMILES string of the molecule is N=S(=O)(CCn1cc2cc(NC(=O)c3cnn4cccnc34)c(N3CCC(O)C3)cc2n1)c1ccccn1. The van der Waals surface area contributed by atoms with Crippen LogP contribution in [0.15, 0.2) is 72.4 Å². The van der Waals surface area contributed by atoms with Crippen molar-refractivity contribution in [3.8, 4) is 0 Å². The van der Waals surface area contributed by atoms with Crippen LogP contribution >= 0.6 is 0 Å². The number of aliphatic hydroxyl groups is 1. The molecular formula is C25H25N9O3S. The number of aliphatic hydroxyl groups excluding tert-OH is 1. The summed E-state index contributed by atoms with van der Waals surface area (Å²) in [4.78, 5) is 23.6. The molecule has 5 aromatic rings. The minimum atomic E-state index is -3.07. The number of hydrogen-bond donors (Lipinski definition) is 3. The van der Waals surface area contributed by atoms with Crippen molar-refractivity contribution in [2.24, 2.45) is 0 Å². The van der Waals surface area contributed by atoms with Gasteiger partial charge >= 0.3 is 0 Å². The van der Waals surface area contributed by atoms with Crippen LogP contribution in [0, 0.1) is 4.78 Å². The number of fused-ring (bicyclic) bond motifs is 2. The van der Waals surface area contributed by atoms with Crippen LogP contribution in [0.5, 0.6) is 0 Å². The lowest BCUT2D eigenvalue weighted by atomic mass is 10.1. The predicted molar refractivity (Wildman–Crippen MR) is 142 cm³/mol. The van der Waals surface area contributed by atoms with Crippen LogP contribution in [0.3, 0.4) is 0 Å². The number of rotatable bonds is 7. The summed E-state index contributed by atoms with van der Waals surface area (Å²) in [6.45, 7) is 1.35. The number of β-amino-alcohol motifs (C(OH)–C–C–N with tert-alkyl or cyclic N) is 1. The summed E-state index contributed by atoms with van der Waals surface area (Å²) in [6.07, 6.45) is 8.32. The molecule has 0 bridgehead atoms. The highest BCUT2D eigenvalue weighted by molar-refractivity contribution is 7.92. The summed E-state index contributed by atoms with van der Waals surface area (Å²) >= 11 is 0. The molecule has 38 heavy (non-hydrogen) atoms. The van der Waals surface area contributed by atoms with Crippen LogP contribution in [-0.2, 0) is 16.3 Å². The van der Waals surface area contributed by atoms with Gasteiger partial charge in [0.1, 0.15) is 10.6 Å². The first-order valence-corrected chi connectivity index (χ1v) is 13.8. The minimum Gasteiger partial charge on any atom is -0.391 e. The zero-order chi connectivity index (χ0) is 26.3. The number of anilines is 2. The van der Waals surface area contributed by atoms with Crippen molar-refractivity contribution in [2.45, 2.75) is 24.1 Å². The van der Waals surface area contributed by atoms with Gasteiger partial charge in [-0.1, -0.05) is 6.07 Å². The van der Waals surface area contributed by atoms with Gasteiger partial charge in [-0.15, -0.1) is 0 Å². The fourth-order valence-corrected chi connectivity index (χ4v) is 5.78. The number of amides is 1. The molecule has 0 radical (unpaired) electrons.